The number of rotatable bonds is 5. The monoisotopic (exact) mass is 221 g/mol. The minimum absolute atomic E-state index is 0.0983. The van der Waals surface area contributed by atoms with E-state index in [0.717, 1.165) is 13.1 Å². The van der Waals surface area contributed by atoms with Crippen LogP contribution in [-0.4, -0.2) is 19.3 Å². The van der Waals surface area contributed by atoms with E-state index in [9.17, 15) is 0 Å². The molecule has 1 aromatic rings. The molecule has 0 aliphatic heterocycles. The van der Waals surface area contributed by atoms with Gasteiger partial charge in [-0.1, -0.05) is 29.3 Å². The number of benzene rings is 1. The number of nitrogens with one attached hydrogen (secondary N) is 1. The highest BCUT2D eigenvalue weighted by Crippen LogP contribution is 2.10. The summed E-state index contributed by atoms with van der Waals surface area (Å²) >= 11 is 0. The number of methoxy groups -OCH3 is 1. The minimum Gasteiger partial charge on any atom is -0.377 e. The third-order valence-electron chi connectivity index (χ3n) is 2.71. The first kappa shape index (κ1) is 13.2. The van der Waals surface area contributed by atoms with Gasteiger partial charge in [0.15, 0.2) is 0 Å². The van der Waals surface area contributed by atoms with Gasteiger partial charge in [0.2, 0.25) is 0 Å². The molecule has 1 aromatic carbocycles. The van der Waals surface area contributed by atoms with E-state index in [4.69, 9.17) is 4.74 Å². The fourth-order valence-corrected chi connectivity index (χ4v) is 1.75. The van der Waals surface area contributed by atoms with Gasteiger partial charge in [0.1, 0.15) is 0 Å². The highest BCUT2D eigenvalue weighted by atomic mass is 16.5. The summed E-state index contributed by atoms with van der Waals surface area (Å²) in [5.41, 5.74) is 3.88. The topological polar surface area (TPSA) is 21.3 Å². The van der Waals surface area contributed by atoms with Gasteiger partial charge < -0.3 is 10.1 Å². The minimum atomic E-state index is -0.0983. The van der Waals surface area contributed by atoms with Crippen molar-refractivity contribution < 1.29 is 4.74 Å². The lowest BCUT2D eigenvalue weighted by Gasteiger charge is -2.23. The molecule has 2 nitrogen and oxygen atoms in total. The van der Waals surface area contributed by atoms with Gasteiger partial charge in [-0.25, -0.2) is 0 Å². The molecule has 16 heavy (non-hydrogen) atoms. The highest BCUT2D eigenvalue weighted by Gasteiger charge is 2.14. The average Bonchev–Trinajstić information content (AvgIpc) is 2.16. The molecular formula is C14H23NO. The zero-order chi connectivity index (χ0) is 12.2. The number of hydrogen-bond acceptors (Lipinski definition) is 2. The first-order valence-electron chi connectivity index (χ1n) is 5.76. The van der Waals surface area contributed by atoms with Crippen molar-refractivity contribution in [3.05, 3.63) is 34.9 Å². The molecule has 0 aliphatic rings. The van der Waals surface area contributed by atoms with E-state index in [1.807, 2.05) is 0 Å². The molecule has 0 amide bonds. The summed E-state index contributed by atoms with van der Waals surface area (Å²) in [5.74, 6) is 0. The lowest BCUT2D eigenvalue weighted by atomic mass is 10.1. The van der Waals surface area contributed by atoms with E-state index in [1.165, 1.54) is 16.7 Å². The van der Waals surface area contributed by atoms with E-state index in [1.54, 1.807) is 7.11 Å². The summed E-state index contributed by atoms with van der Waals surface area (Å²) in [6.45, 7) is 10.2. The summed E-state index contributed by atoms with van der Waals surface area (Å²) in [7, 11) is 1.75. The number of aryl methyl sites for hydroxylation is 2. The first-order valence-corrected chi connectivity index (χ1v) is 5.76. The van der Waals surface area contributed by atoms with Crippen molar-refractivity contribution in [1.29, 1.82) is 0 Å². The second kappa shape index (κ2) is 5.46. The largest absolute Gasteiger partial charge is 0.377 e. The Labute approximate surface area is 99.0 Å². The Bertz CT molecular complexity index is 324. The van der Waals surface area contributed by atoms with Gasteiger partial charge in [-0.3, -0.25) is 0 Å². The molecule has 0 heterocycles. The third kappa shape index (κ3) is 4.33. The van der Waals surface area contributed by atoms with Crippen LogP contribution in [-0.2, 0) is 11.3 Å². The van der Waals surface area contributed by atoms with Crippen LogP contribution in [0, 0.1) is 13.8 Å². The van der Waals surface area contributed by atoms with Gasteiger partial charge >= 0.3 is 0 Å². The number of hydrogen-bond donors (Lipinski definition) is 1. The van der Waals surface area contributed by atoms with Gasteiger partial charge in [0.25, 0.3) is 0 Å². The lowest BCUT2D eigenvalue weighted by molar-refractivity contribution is 0.0231. The van der Waals surface area contributed by atoms with E-state index in [-0.39, 0.29) is 5.60 Å². The quantitative estimate of drug-likeness (QED) is 0.825. The van der Waals surface area contributed by atoms with Crippen molar-refractivity contribution in [2.75, 3.05) is 13.7 Å². The van der Waals surface area contributed by atoms with Crippen LogP contribution in [0.5, 0.6) is 0 Å². The van der Waals surface area contributed by atoms with Crippen LogP contribution in [0.2, 0.25) is 0 Å². The maximum atomic E-state index is 5.36. The third-order valence-corrected chi connectivity index (χ3v) is 2.71. The highest BCUT2D eigenvalue weighted by molar-refractivity contribution is 5.28. The smallest absolute Gasteiger partial charge is 0.0746 e. The van der Waals surface area contributed by atoms with Crippen molar-refractivity contribution in [2.45, 2.75) is 39.8 Å². The molecule has 0 aliphatic carbocycles. The van der Waals surface area contributed by atoms with Crippen LogP contribution < -0.4 is 5.32 Å². The van der Waals surface area contributed by atoms with Crippen LogP contribution >= 0.6 is 0 Å². The van der Waals surface area contributed by atoms with E-state index in [0.29, 0.717) is 0 Å². The second-order valence-corrected chi connectivity index (χ2v) is 5.06. The van der Waals surface area contributed by atoms with Crippen molar-refractivity contribution in [2.24, 2.45) is 0 Å². The van der Waals surface area contributed by atoms with Crippen LogP contribution in [0.1, 0.15) is 30.5 Å². The maximum Gasteiger partial charge on any atom is 0.0746 e. The molecule has 0 unspecified atom stereocenters. The van der Waals surface area contributed by atoms with Crippen molar-refractivity contribution in [1.82, 2.24) is 5.32 Å². The zero-order valence-corrected chi connectivity index (χ0v) is 11.1. The Balaban J connectivity index is 2.49. The number of ether oxygens (including phenoxy) is 1. The van der Waals surface area contributed by atoms with E-state index >= 15 is 0 Å². The van der Waals surface area contributed by atoms with Crippen LogP contribution in [0.4, 0.5) is 0 Å². The predicted octanol–water partition coefficient (Wildman–Crippen LogP) is 2.82. The van der Waals surface area contributed by atoms with Gasteiger partial charge in [-0.05, 0) is 33.3 Å². The van der Waals surface area contributed by atoms with Crippen molar-refractivity contribution >= 4 is 0 Å². The van der Waals surface area contributed by atoms with Crippen molar-refractivity contribution in [3.8, 4) is 0 Å². The van der Waals surface area contributed by atoms with Crippen LogP contribution in [0.25, 0.3) is 0 Å². The molecule has 0 aromatic heterocycles. The summed E-state index contributed by atoms with van der Waals surface area (Å²) < 4.78 is 5.36. The first-order chi connectivity index (χ1) is 7.43. The molecule has 1 N–H and O–H groups in total. The SMILES string of the molecule is COC(C)(C)CNCc1cc(C)cc(C)c1. The molecule has 2 heteroatoms. The average molecular weight is 221 g/mol. The molecule has 0 fully saturated rings. The predicted molar refractivity (Wildman–Crippen MR) is 68.7 cm³/mol. The fourth-order valence-electron chi connectivity index (χ4n) is 1.75. The van der Waals surface area contributed by atoms with Gasteiger partial charge in [-0.15, -0.1) is 0 Å². The van der Waals surface area contributed by atoms with Gasteiger partial charge in [-0.2, -0.15) is 0 Å². The Morgan fingerprint density at radius 2 is 1.69 bits per heavy atom. The standard InChI is InChI=1S/C14H23NO/c1-11-6-12(2)8-13(7-11)9-15-10-14(3,4)16-5/h6-8,15H,9-10H2,1-5H3. The Kier molecular flexibility index (Phi) is 4.51. The molecule has 0 saturated carbocycles. The molecule has 0 bridgehead atoms. The summed E-state index contributed by atoms with van der Waals surface area (Å²) in [4.78, 5) is 0. The zero-order valence-electron chi connectivity index (χ0n) is 11.1. The van der Waals surface area contributed by atoms with Gasteiger partial charge in [0.05, 0.1) is 5.60 Å². The van der Waals surface area contributed by atoms with Crippen molar-refractivity contribution in [3.63, 3.8) is 0 Å². The Morgan fingerprint density at radius 1 is 1.12 bits per heavy atom. The van der Waals surface area contributed by atoms with Crippen LogP contribution in [0.3, 0.4) is 0 Å². The fraction of sp³-hybridized carbons (Fsp3) is 0.571. The molecule has 0 atom stereocenters. The normalized spacial score (nSPS) is 11.8. The Hall–Kier alpha value is -0.860. The molecule has 0 radical (unpaired) electrons. The summed E-state index contributed by atoms with van der Waals surface area (Å²) in [6.07, 6.45) is 0. The lowest BCUT2D eigenvalue weighted by Crippen LogP contribution is -2.36. The summed E-state index contributed by atoms with van der Waals surface area (Å²) in [5, 5.41) is 3.42. The maximum absolute atomic E-state index is 5.36. The van der Waals surface area contributed by atoms with Gasteiger partial charge in [0, 0.05) is 20.2 Å². The Morgan fingerprint density at radius 3 is 2.19 bits per heavy atom. The van der Waals surface area contributed by atoms with E-state index in [2.05, 4.69) is 51.2 Å². The molecule has 0 saturated heterocycles. The molecular weight excluding hydrogens is 198 g/mol. The molecule has 0 spiro atoms. The molecule has 1 rings (SSSR count). The summed E-state index contributed by atoms with van der Waals surface area (Å²) in [6, 6.07) is 6.64. The molecule has 90 valence electrons. The second-order valence-electron chi connectivity index (χ2n) is 5.06. The van der Waals surface area contributed by atoms with Crippen LogP contribution in [0.15, 0.2) is 18.2 Å². The van der Waals surface area contributed by atoms with E-state index < -0.39 is 0 Å².